The molecule has 0 aliphatic carbocycles. The van der Waals surface area contributed by atoms with Crippen LogP contribution in [0.3, 0.4) is 0 Å². The second kappa shape index (κ2) is 6.62. The second-order valence-electron chi connectivity index (χ2n) is 7.01. The molecule has 0 atom stereocenters. The molecule has 0 radical (unpaired) electrons. The fourth-order valence-electron chi connectivity index (χ4n) is 3.31. The Morgan fingerprint density at radius 1 is 1.15 bits per heavy atom. The molecule has 0 amide bonds. The Balaban J connectivity index is 2.02. The van der Waals surface area contributed by atoms with Crippen molar-refractivity contribution in [1.29, 1.82) is 0 Å². The lowest BCUT2D eigenvalue weighted by Crippen LogP contribution is -2.35. The number of nitrogen functional groups attached to an aromatic ring is 1. The highest BCUT2D eigenvalue weighted by Crippen LogP contribution is 2.32. The van der Waals surface area contributed by atoms with E-state index < -0.39 is 0 Å². The van der Waals surface area contributed by atoms with Crippen molar-refractivity contribution in [2.75, 3.05) is 25.4 Å². The van der Waals surface area contributed by atoms with Crippen LogP contribution < -0.4 is 5.73 Å². The highest BCUT2D eigenvalue weighted by atomic mass is 15.1. The van der Waals surface area contributed by atoms with Crippen LogP contribution in [0.2, 0.25) is 0 Å². The zero-order chi connectivity index (χ0) is 14.7. The molecule has 1 saturated heterocycles. The van der Waals surface area contributed by atoms with Crippen molar-refractivity contribution in [3.8, 4) is 0 Å². The van der Waals surface area contributed by atoms with Crippen molar-refractivity contribution in [2.45, 2.75) is 52.4 Å². The molecule has 0 spiro atoms. The van der Waals surface area contributed by atoms with E-state index in [0.29, 0.717) is 5.92 Å². The van der Waals surface area contributed by atoms with Crippen LogP contribution in [0.15, 0.2) is 18.2 Å². The number of hydrogen-bond donors (Lipinski definition) is 1. The summed E-state index contributed by atoms with van der Waals surface area (Å²) < 4.78 is 0. The van der Waals surface area contributed by atoms with E-state index in [-0.39, 0.29) is 0 Å². The smallest absolute Gasteiger partial charge is 0.0349 e. The van der Waals surface area contributed by atoms with Crippen LogP contribution in [0.1, 0.15) is 63.5 Å². The van der Waals surface area contributed by atoms with Gasteiger partial charge in [-0.1, -0.05) is 39.8 Å². The van der Waals surface area contributed by atoms with E-state index in [0.717, 1.165) is 17.5 Å². The Morgan fingerprint density at radius 3 is 2.35 bits per heavy atom. The van der Waals surface area contributed by atoms with Gasteiger partial charge in [0.25, 0.3) is 0 Å². The SMILES string of the molecule is CC(C)CN1CCC(c2ccc(N)c(C(C)C)c2)CC1. The fourth-order valence-corrected chi connectivity index (χ4v) is 3.31. The first-order chi connectivity index (χ1) is 9.47. The molecule has 1 aromatic carbocycles. The Kier molecular flexibility index (Phi) is 5.09. The molecule has 2 rings (SSSR count). The van der Waals surface area contributed by atoms with Gasteiger partial charge in [0.05, 0.1) is 0 Å². The van der Waals surface area contributed by atoms with Crippen LogP contribution in [0.4, 0.5) is 5.69 Å². The van der Waals surface area contributed by atoms with Crippen molar-refractivity contribution in [2.24, 2.45) is 5.92 Å². The average molecular weight is 274 g/mol. The third kappa shape index (κ3) is 3.76. The van der Waals surface area contributed by atoms with Crippen molar-refractivity contribution in [1.82, 2.24) is 4.90 Å². The minimum atomic E-state index is 0.510. The fraction of sp³-hybridized carbons (Fsp3) is 0.667. The van der Waals surface area contributed by atoms with Gasteiger partial charge in [0.2, 0.25) is 0 Å². The molecule has 0 saturated carbocycles. The third-order valence-corrected chi connectivity index (χ3v) is 4.42. The normalized spacial score (nSPS) is 18.1. The molecule has 1 fully saturated rings. The van der Waals surface area contributed by atoms with Crippen LogP contribution in [0.25, 0.3) is 0 Å². The van der Waals surface area contributed by atoms with Gasteiger partial charge in [-0.3, -0.25) is 0 Å². The van der Waals surface area contributed by atoms with Crippen LogP contribution in [-0.4, -0.2) is 24.5 Å². The first-order valence-electron chi connectivity index (χ1n) is 8.09. The minimum Gasteiger partial charge on any atom is -0.398 e. The summed E-state index contributed by atoms with van der Waals surface area (Å²) in [5.74, 6) is 2.00. The minimum absolute atomic E-state index is 0.510. The van der Waals surface area contributed by atoms with Crippen molar-refractivity contribution >= 4 is 5.69 Å². The second-order valence-corrected chi connectivity index (χ2v) is 7.01. The van der Waals surface area contributed by atoms with E-state index >= 15 is 0 Å². The molecular weight excluding hydrogens is 244 g/mol. The Morgan fingerprint density at radius 2 is 1.80 bits per heavy atom. The topological polar surface area (TPSA) is 29.3 Å². The predicted molar refractivity (Wildman–Crippen MR) is 88.2 cm³/mol. The van der Waals surface area contributed by atoms with Gasteiger partial charge in [0.1, 0.15) is 0 Å². The summed E-state index contributed by atoms with van der Waals surface area (Å²) in [6, 6.07) is 6.69. The Bertz CT molecular complexity index is 429. The molecular formula is C18H30N2. The quantitative estimate of drug-likeness (QED) is 0.833. The van der Waals surface area contributed by atoms with Gasteiger partial charge in [-0.15, -0.1) is 0 Å². The maximum Gasteiger partial charge on any atom is 0.0349 e. The van der Waals surface area contributed by atoms with Crippen molar-refractivity contribution in [3.63, 3.8) is 0 Å². The molecule has 0 unspecified atom stereocenters. The predicted octanol–water partition coefficient (Wildman–Crippen LogP) is 4.23. The standard InChI is InChI=1S/C18H30N2/c1-13(2)12-20-9-7-15(8-10-20)16-5-6-18(19)17(11-16)14(3)4/h5-6,11,13-15H,7-10,12,19H2,1-4H3. The van der Waals surface area contributed by atoms with E-state index in [1.807, 2.05) is 0 Å². The largest absolute Gasteiger partial charge is 0.398 e. The maximum atomic E-state index is 6.09. The zero-order valence-corrected chi connectivity index (χ0v) is 13.5. The lowest BCUT2D eigenvalue weighted by atomic mass is 9.86. The van der Waals surface area contributed by atoms with Crippen LogP contribution in [-0.2, 0) is 0 Å². The number of nitrogens with two attached hydrogens (primary N) is 1. The van der Waals surface area contributed by atoms with Crippen LogP contribution >= 0.6 is 0 Å². The molecule has 2 heteroatoms. The Labute approximate surface area is 124 Å². The van der Waals surface area contributed by atoms with Crippen molar-refractivity contribution < 1.29 is 0 Å². The summed E-state index contributed by atoms with van der Waals surface area (Å²) in [5, 5.41) is 0. The molecule has 1 heterocycles. The third-order valence-electron chi connectivity index (χ3n) is 4.42. The van der Waals surface area contributed by atoms with Gasteiger partial charge in [-0.25, -0.2) is 0 Å². The molecule has 1 aliphatic rings. The molecule has 0 bridgehead atoms. The molecule has 2 nitrogen and oxygen atoms in total. The van der Waals surface area contributed by atoms with Gasteiger partial charge < -0.3 is 10.6 Å². The summed E-state index contributed by atoms with van der Waals surface area (Å²) >= 11 is 0. The van der Waals surface area contributed by atoms with Gasteiger partial charge in [-0.05, 0) is 60.9 Å². The van der Waals surface area contributed by atoms with E-state index in [2.05, 4.69) is 50.8 Å². The maximum absolute atomic E-state index is 6.09. The highest BCUT2D eigenvalue weighted by Gasteiger charge is 2.21. The number of hydrogen-bond acceptors (Lipinski definition) is 2. The number of rotatable bonds is 4. The van der Waals surface area contributed by atoms with Gasteiger partial charge in [-0.2, -0.15) is 0 Å². The molecule has 1 aliphatic heterocycles. The van der Waals surface area contributed by atoms with Crippen LogP contribution in [0.5, 0.6) is 0 Å². The highest BCUT2D eigenvalue weighted by molar-refractivity contribution is 5.50. The first-order valence-corrected chi connectivity index (χ1v) is 8.09. The summed E-state index contributed by atoms with van der Waals surface area (Å²) in [5.41, 5.74) is 9.84. The molecule has 2 N–H and O–H groups in total. The number of likely N-dealkylation sites (tertiary alicyclic amines) is 1. The van der Waals surface area contributed by atoms with E-state index in [4.69, 9.17) is 5.73 Å². The number of nitrogens with zero attached hydrogens (tertiary/aromatic N) is 1. The summed E-state index contributed by atoms with van der Waals surface area (Å²) in [6.07, 6.45) is 2.57. The van der Waals surface area contributed by atoms with Crippen LogP contribution in [0, 0.1) is 5.92 Å². The monoisotopic (exact) mass is 274 g/mol. The summed E-state index contributed by atoms with van der Waals surface area (Å²) in [7, 11) is 0. The summed E-state index contributed by atoms with van der Waals surface area (Å²) in [6.45, 7) is 12.8. The molecule has 1 aromatic rings. The first kappa shape index (κ1) is 15.4. The number of piperidine rings is 1. The van der Waals surface area contributed by atoms with Gasteiger partial charge in [0.15, 0.2) is 0 Å². The number of anilines is 1. The van der Waals surface area contributed by atoms with E-state index in [1.54, 1.807) is 0 Å². The lowest BCUT2D eigenvalue weighted by Gasteiger charge is -2.33. The Hall–Kier alpha value is -1.02. The zero-order valence-electron chi connectivity index (χ0n) is 13.5. The van der Waals surface area contributed by atoms with Gasteiger partial charge >= 0.3 is 0 Å². The van der Waals surface area contributed by atoms with E-state index in [9.17, 15) is 0 Å². The number of benzene rings is 1. The molecule has 20 heavy (non-hydrogen) atoms. The average Bonchev–Trinajstić information content (AvgIpc) is 2.39. The summed E-state index contributed by atoms with van der Waals surface area (Å²) in [4.78, 5) is 2.61. The van der Waals surface area contributed by atoms with E-state index in [1.165, 1.54) is 43.6 Å². The lowest BCUT2D eigenvalue weighted by molar-refractivity contribution is 0.192. The van der Waals surface area contributed by atoms with Gasteiger partial charge in [0, 0.05) is 12.2 Å². The molecule has 0 aromatic heterocycles. The van der Waals surface area contributed by atoms with Crippen molar-refractivity contribution in [3.05, 3.63) is 29.3 Å². The molecule has 112 valence electrons.